The topological polar surface area (TPSA) is 433 Å². The van der Waals surface area contributed by atoms with Gasteiger partial charge < -0.3 is 91.1 Å². The number of carbonyl (C=O) groups excluding carboxylic acids is 14. The van der Waals surface area contributed by atoms with E-state index in [9.17, 15) is 67.1 Å². The van der Waals surface area contributed by atoms with Crippen LogP contribution < -0.4 is 53.2 Å². The largest absolute Gasteiger partial charge is 0.461 e. The Morgan fingerprint density at radius 1 is 0.349 bits per heavy atom. The lowest BCUT2D eigenvalue weighted by Crippen LogP contribution is -2.56. The van der Waals surface area contributed by atoms with Crippen LogP contribution in [0.15, 0.2) is 200 Å². The maximum Gasteiger partial charge on any atom is 0.408 e. The van der Waals surface area contributed by atoms with Gasteiger partial charge in [-0.25, -0.2) is 19.2 Å². The number of amides is 10. The number of alkyl carbamates (subject to hydrolysis) is 2. The molecule has 7 aromatic carbocycles. The van der Waals surface area contributed by atoms with Crippen molar-refractivity contribution < 1.29 is 105 Å². The van der Waals surface area contributed by atoms with E-state index in [1.165, 1.54) is 0 Å². The second kappa shape index (κ2) is 53.0. The molecule has 6 unspecified atom stereocenters. The molecule has 10 amide bonds. The van der Waals surface area contributed by atoms with Gasteiger partial charge in [-0.2, -0.15) is 0 Å². The highest BCUT2D eigenvalue weighted by Gasteiger charge is 2.34. The summed E-state index contributed by atoms with van der Waals surface area (Å²) in [7, 11) is 0. The molecular weight excluding hydrogens is 1620 g/mol. The first-order valence-corrected chi connectivity index (χ1v) is 42.1. The van der Waals surface area contributed by atoms with Crippen molar-refractivity contribution in [3.8, 4) is 11.1 Å². The summed E-state index contributed by atoms with van der Waals surface area (Å²) in [6.45, 7) is 6.20. The molecule has 0 bridgehead atoms. The van der Waals surface area contributed by atoms with Gasteiger partial charge in [0.05, 0.1) is 26.4 Å². The van der Waals surface area contributed by atoms with Gasteiger partial charge in [-0.05, 0) is 122 Å². The predicted molar refractivity (Wildman–Crippen MR) is 463 cm³/mol. The van der Waals surface area contributed by atoms with Crippen LogP contribution in [0.4, 0.5) is 9.59 Å². The number of esters is 4. The summed E-state index contributed by atoms with van der Waals surface area (Å²) in [5, 5.41) is 26.3. The van der Waals surface area contributed by atoms with E-state index in [-0.39, 0.29) is 123 Å². The van der Waals surface area contributed by atoms with Crippen molar-refractivity contribution in [3.63, 3.8) is 0 Å². The van der Waals surface area contributed by atoms with Crippen LogP contribution in [0.5, 0.6) is 0 Å². The van der Waals surface area contributed by atoms with Crippen molar-refractivity contribution in [2.75, 3.05) is 59.2 Å². The standard InChI is InChI=1S/C94H114N10O22/c1-63(2)53-78(103-89(114)79(54-64-27-11-6-12-28-64)101-82(107)56-98-92(117)126-94(3,4)5)87(112)97-55-81(106)95-48-26-25-41-74(104-93(118)125-61-73-71-39-23-21-37-69(71)70-38-22-24-40-72(70)73)86(111)96-49-50-119-51-52-120-62-83(108)99-75(88(113)102-77(91(116)124-60-68-35-19-10-20-36-68)44-47-85(110)122-58-66-31-15-8-16-32-66)42-45-80(105)100-76(90(115)123-59-67-33-17-9-18-34-67)43-46-84(109)121-57-65-29-13-7-14-30-65/h6-24,27-40,63,73-79H,25-26,41-62H2,1-5H3,(H,95,106)(H,96,111)(H,97,112)(H,98,117)(H,99,108)(H,100,105)(H,101,107)(H,102,113)(H,103,114)(H,104,118). The molecule has 0 aliphatic heterocycles. The van der Waals surface area contributed by atoms with Gasteiger partial charge >= 0.3 is 36.1 Å². The molecule has 0 saturated carbocycles. The Labute approximate surface area is 732 Å². The van der Waals surface area contributed by atoms with Gasteiger partial charge in [-0.1, -0.05) is 214 Å². The lowest BCUT2D eigenvalue weighted by atomic mass is 9.98. The van der Waals surface area contributed by atoms with Crippen LogP contribution in [0.2, 0.25) is 0 Å². The zero-order valence-electron chi connectivity index (χ0n) is 71.6. The molecular formula is C94H114N10O22. The van der Waals surface area contributed by atoms with Crippen molar-refractivity contribution in [3.05, 3.63) is 239 Å². The molecule has 0 heterocycles. The van der Waals surface area contributed by atoms with Gasteiger partial charge in [0.1, 0.15) is 88.0 Å². The number of ether oxygens (including phenoxy) is 8. The molecule has 10 N–H and O–H groups in total. The smallest absolute Gasteiger partial charge is 0.408 e. The van der Waals surface area contributed by atoms with Crippen LogP contribution in [0.3, 0.4) is 0 Å². The fourth-order valence-electron chi connectivity index (χ4n) is 13.2. The van der Waals surface area contributed by atoms with Gasteiger partial charge in [0.15, 0.2) is 0 Å². The number of benzene rings is 7. The first-order chi connectivity index (χ1) is 60.7. The second-order valence-electron chi connectivity index (χ2n) is 31.3. The van der Waals surface area contributed by atoms with Crippen LogP contribution in [-0.2, 0) is 128 Å². The van der Waals surface area contributed by atoms with Crippen LogP contribution in [-0.4, -0.2) is 184 Å². The van der Waals surface area contributed by atoms with Gasteiger partial charge in [0.2, 0.25) is 47.3 Å². The van der Waals surface area contributed by atoms with Gasteiger partial charge in [0, 0.05) is 44.7 Å². The zero-order chi connectivity index (χ0) is 90.4. The van der Waals surface area contributed by atoms with E-state index in [1.54, 1.807) is 166 Å². The summed E-state index contributed by atoms with van der Waals surface area (Å²) >= 11 is 0. The number of hydrogen-bond acceptors (Lipinski definition) is 22. The third kappa shape index (κ3) is 36.6. The number of fused-ring (bicyclic) bond motifs is 3. The summed E-state index contributed by atoms with van der Waals surface area (Å²) in [5.41, 5.74) is 6.55. The third-order valence-corrected chi connectivity index (χ3v) is 19.6. The van der Waals surface area contributed by atoms with Gasteiger partial charge in [-0.15, -0.1) is 0 Å². The van der Waals surface area contributed by atoms with Crippen molar-refractivity contribution in [2.24, 2.45) is 5.92 Å². The normalized spacial score (nSPS) is 12.8. The molecule has 0 spiro atoms. The minimum absolute atomic E-state index is 0.0408. The third-order valence-electron chi connectivity index (χ3n) is 19.6. The molecule has 1 aliphatic carbocycles. The maximum absolute atomic E-state index is 14.5. The van der Waals surface area contributed by atoms with Gasteiger partial charge in [0.25, 0.3) is 0 Å². The predicted octanol–water partition coefficient (Wildman–Crippen LogP) is 8.00. The summed E-state index contributed by atoms with van der Waals surface area (Å²) in [6, 6.07) is 51.8. The Morgan fingerprint density at radius 2 is 0.786 bits per heavy atom. The highest BCUT2D eigenvalue weighted by Crippen LogP contribution is 2.44. The Bertz CT molecular complexity index is 4650. The number of nitrogens with one attached hydrogen (secondary N) is 10. The van der Waals surface area contributed by atoms with E-state index >= 15 is 0 Å². The van der Waals surface area contributed by atoms with E-state index in [4.69, 9.17) is 37.9 Å². The molecule has 32 heteroatoms. The Hall–Kier alpha value is -13.4. The quantitative estimate of drug-likeness (QED) is 0.00980. The SMILES string of the molecule is CC(C)CC(NC(=O)C(Cc1ccccc1)NC(=O)CNC(=O)OC(C)(C)C)C(=O)NCC(=O)NCCCCC(NC(=O)OCC1c2ccccc2-c2ccccc21)C(=O)NCCOCCOCC(=O)NC(CCC(=O)NC(CCC(=O)OCc1ccccc1)C(=O)OCc1ccccc1)C(=O)NC(CCC(=O)OCc1ccccc1)C(=O)OCc1ccccc1. The highest BCUT2D eigenvalue weighted by atomic mass is 16.6. The van der Waals surface area contributed by atoms with E-state index in [0.717, 1.165) is 27.8 Å². The zero-order valence-corrected chi connectivity index (χ0v) is 71.6. The molecule has 1 aliphatic rings. The second-order valence-corrected chi connectivity index (χ2v) is 31.3. The van der Waals surface area contributed by atoms with E-state index in [1.807, 2.05) is 68.4 Å². The molecule has 672 valence electrons. The number of hydrogen-bond donors (Lipinski definition) is 10. The average molecular weight is 1740 g/mol. The first-order valence-electron chi connectivity index (χ1n) is 42.1. The summed E-state index contributed by atoms with van der Waals surface area (Å²) in [5.74, 6) is -9.33. The Morgan fingerprint density at radius 3 is 1.32 bits per heavy atom. The van der Waals surface area contributed by atoms with E-state index in [2.05, 4.69) is 53.2 Å². The fraction of sp³-hybridized carbons (Fsp3) is 0.404. The summed E-state index contributed by atoms with van der Waals surface area (Å²) in [6.07, 6.45) is -2.97. The van der Waals surface area contributed by atoms with E-state index in [0.29, 0.717) is 35.1 Å². The summed E-state index contributed by atoms with van der Waals surface area (Å²) < 4.78 is 44.5. The lowest BCUT2D eigenvalue weighted by molar-refractivity contribution is -0.151. The maximum atomic E-state index is 14.5. The minimum Gasteiger partial charge on any atom is -0.461 e. The molecule has 126 heavy (non-hydrogen) atoms. The average Bonchev–Trinajstić information content (AvgIpc) is 1.61. The molecule has 7 aromatic rings. The van der Waals surface area contributed by atoms with Gasteiger partial charge in [-0.3, -0.25) is 47.9 Å². The molecule has 0 saturated heterocycles. The fourth-order valence-corrected chi connectivity index (χ4v) is 13.2. The monoisotopic (exact) mass is 1730 g/mol. The van der Waals surface area contributed by atoms with E-state index < -0.39 is 158 Å². The molecule has 0 aromatic heterocycles. The van der Waals surface area contributed by atoms with Crippen LogP contribution in [0.1, 0.15) is 144 Å². The summed E-state index contributed by atoms with van der Waals surface area (Å²) in [4.78, 5) is 190. The number of rotatable bonds is 52. The first kappa shape index (κ1) is 98.1. The molecule has 6 atom stereocenters. The van der Waals surface area contributed by atoms with Crippen molar-refractivity contribution >= 4 is 83.3 Å². The molecule has 32 nitrogen and oxygen atoms in total. The highest BCUT2D eigenvalue weighted by molar-refractivity contribution is 5.95. The Balaban J connectivity index is 0.852. The molecule has 8 rings (SSSR count). The van der Waals surface area contributed by atoms with Crippen LogP contribution in [0, 0.1) is 5.92 Å². The number of carbonyl (C=O) groups is 14. The molecule has 0 radical (unpaired) electrons. The minimum atomic E-state index is -1.58. The van der Waals surface area contributed by atoms with Crippen LogP contribution >= 0.6 is 0 Å². The van der Waals surface area contributed by atoms with Crippen molar-refractivity contribution in [1.29, 1.82) is 0 Å². The Kier molecular flexibility index (Phi) is 41.2. The lowest BCUT2D eigenvalue weighted by Gasteiger charge is -2.24. The number of unbranched alkanes of at least 4 members (excludes halogenated alkanes) is 1. The van der Waals surface area contributed by atoms with Crippen molar-refractivity contribution in [2.45, 2.75) is 179 Å². The van der Waals surface area contributed by atoms with Crippen LogP contribution in [0.25, 0.3) is 11.1 Å². The molecule has 0 fully saturated rings. The van der Waals surface area contributed by atoms with Crippen molar-refractivity contribution in [1.82, 2.24) is 53.2 Å².